The highest BCUT2D eigenvalue weighted by Crippen LogP contribution is 2.25. The lowest BCUT2D eigenvalue weighted by Gasteiger charge is -2.15. The van der Waals surface area contributed by atoms with Crippen LogP contribution in [0.15, 0.2) is 51.9 Å². The van der Waals surface area contributed by atoms with Crippen molar-refractivity contribution in [1.82, 2.24) is 4.57 Å². The molecule has 1 aromatic carbocycles. The topological polar surface area (TPSA) is 105 Å². The average Bonchev–Trinajstić information content (AvgIpc) is 3.19. The minimum atomic E-state index is -0.671. The van der Waals surface area contributed by atoms with Crippen molar-refractivity contribution in [2.75, 3.05) is 7.11 Å². The van der Waals surface area contributed by atoms with Gasteiger partial charge in [0.15, 0.2) is 5.78 Å². The Morgan fingerprint density at radius 2 is 2.00 bits per heavy atom. The van der Waals surface area contributed by atoms with Crippen LogP contribution in [0.25, 0.3) is 0 Å². The van der Waals surface area contributed by atoms with Crippen molar-refractivity contribution < 1.29 is 19.1 Å². The fourth-order valence-corrected chi connectivity index (χ4v) is 3.01. The van der Waals surface area contributed by atoms with Gasteiger partial charge in [-0.15, -0.1) is 0 Å². The van der Waals surface area contributed by atoms with Crippen LogP contribution in [0.2, 0.25) is 0 Å². The molecule has 0 saturated carbocycles. The molecule has 0 bridgehead atoms. The summed E-state index contributed by atoms with van der Waals surface area (Å²) in [5, 5.41) is 20.1. The molecule has 28 heavy (non-hydrogen) atoms. The zero-order chi connectivity index (χ0) is 20.3. The van der Waals surface area contributed by atoms with Gasteiger partial charge in [0.2, 0.25) is 5.88 Å². The molecule has 0 aliphatic heterocycles. The molecule has 3 rings (SSSR count). The zero-order valence-corrected chi connectivity index (χ0v) is 15.4. The van der Waals surface area contributed by atoms with E-state index in [2.05, 4.69) is 0 Å². The Morgan fingerprint density at radius 3 is 2.57 bits per heavy atom. The lowest BCUT2D eigenvalue weighted by molar-refractivity contribution is 0.0988. The number of pyridine rings is 1. The Labute approximate surface area is 161 Å². The normalized spacial score (nSPS) is 10.5. The van der Waals surface area contributed by atoms with Crippen LogP contribution in [0.3, 0.4) is 0 Å². The number of methoxy groups -OCH3 is 1. The first-order valence-electron chi connectivity index (χ1n) is 8.51. The molecule has 0 radical (unpaired) electrons. The lowest BCUT2D eigenvalue weighted by Crippen LogP contribution is -2.27. The molecule has 0 aliphatic rings. The number of benzene rings is 1. The predicted molar refractivity (Wildman–Crippen MR) is 101 cm³/mol. The molecule has 142 valence electrons. The van der Waals surface area contributed by atoms with E-state index < -0.39 is 17.2 Å². The zero-order valence-electron chi connectivity index (χ0n) is 15.4. The first kappa shape index (κ1) is 19.0. The SMILES string of the molecule is COc1ccc(CC(=O)c2c(C)c(C#N)c(=O)n(Cc3ccco3)c2O)cc1. The van der Waals surface area contributed by atoms with E-state index in [9.17, 15) is 20.0 Å². The maximum Gasteiger partial charge on any atom is 0.271 e. The Bertz CT molecular complexity index is 1100. The number of hydrogen-bond donors (Lipinski definition) is 1. The van der Waals surface area contributed by atoms with Crippen molar-refractivity contribution in [1.29, 1.82) is 5.26 Å². The number of ketones is 1. The van der Waals surface area contributed by atoms with Crippen molar-refractivity contribution in [2.24, 2.45) is 0 Å². The highest BCUT2D eigenvalue weighted by Gasteiger charge is 2.24. The number of aromatic hydroxyl groups is 1. The first-order chi connectivity index (χ1) is 13.5. The van der Waals surface area contributed by atoms with Gasteiger partial charge in [-0.1, -0.05) is 12.1 Å². The van der Waals surface area contributed by atoms with E-state index >= 15 is 0 Å². The molecular weight excluding hydrogens is 360 g/mol. The van der Waals surface area contributed by atoms with Gasteiger partial charge in [-0.05, 0) is 42.3 Å². The van der Waals surface area contributed by atoms with Crippen LogP contribution in [0.1, 0.15) is 32.8 Å². The largest absolute Gasteiger partial charge is 0.497 e. The second kappa shape index (κ2) is 7.84. The van der Waals surface area contributed by atoms with E-state index in [0.29, 0.717) is 17.1 Å². The molecule has 0 unspecified atom stereocenters. The van der Waals surface area contributed by atoms with E-state index in [0.717, 1.165) is 4.57 Å². The monoisotopic (exact) mass is 378 g/mol. The molecule has 0 fully saturated rings. The van der Waals surface area contributed by atoms with Crippen molar-refractivity contribution in [3.63, 3.8) is 0 Å². The molecule has 0 aliphatic carbocycles. The highest BCUT2D eigenvalue weighted by molar-refractivity contribution is 6.01. The van der Waals surface area contributed by atoms with Gasteiger partial charge in [-0.3, -0.25) is 14.2 Å². The first-order valence-corrected chi connectivity index (χ1v) is 8.51. The number of Topliss-reactive ketones (excluding diaryl/α,β-unsaturated/α-hetero) is 1. The number of nitriles is 1. The minimum Gasteiger partial charge on any atom is -0.497 e. The Morgan fingerprint density at radius 1 is 1.29 bits per heavy atom. The molecule has 3 aromatic rings. The second-order valence-electron chi connectivity index (χ2n) is 6.23. The maximum absolute atomic E-state index is 12.9. The van der Waals surface area contributed by atoms with E-state index in [4.69, 9.17) is 9.15 Å². The van der Waals surface area contributed by atoms with Crippen LogP contribution in [0.5, 0.6) is 11.6 Å². The lowest BCUT2D eigenvalue weighted by atomic mass is 9.97. The third kappa shape index (κ3) is 3.53. The van der Waals surface area contributed by atoms with E-state index in [1.807, 2.05) is 6.07 Å². The molecule has 1 N–H and O–H groups in total. The van der Waals surface area contributed by atoms with Gasteiger partial charge in [0.05, 0.1) is 25.5 Å². The Kier molecular flexibility index (Phi) is 5.32. The summed E-state index contributed by atoms with van der Waals surface area (Å²) in [5.41, 5.74) is -0.0121. The fraction of sp³-hybridized carbons (Fsp3) is 0.190. The van der Waals surface area contributed by atoms with Crippen LogP contribution in [-0.4, -0.2) is 22.6 Å². The van der Waals surface area contributed by atoms with Gasteiger partial charge in [-0.2, -0.15) is 5.26 Å². The molecule has 0 saturated heterocycles. The number of carbonyl (C=O) groups is 1. The number of rotatable bonds is 6. The number of furan rings is 1. The van der Waals surface area contributed by atoms with E-state index in [1.165, 1.54) is 13.2 Å². The number of aromatic nitrogens is 1. The van der Waals surface area contributed by atoms with Crippen molar-refractivity contribution in [3.8, 4) is 17.7 Å². The summed E-state index contributed by atoms with van der Waals surface area (Å²) in [5.74, 6) is 0.203. The summed E-state index contributed by atoms with van der Waals surface area (Å²) >= 11 is 0. The maximum atomic E-state index is 12.9. The Hall–Kier alpha value is -3.79. The van der Waals surface area contributed by atoms with Crippen LogP contribution >= 0.6 is 0 Å². The average molecular weight is 378 g/mol. The van der Waals surface area contributed by atoms with Gasteiger partial charge in [0.25, 0.3) is 5.56 Å². The molecular formula is C21H18N2O5. The number of nitrogens with zero attached hydrogens (tertiary/aromatic N) is 2. The van der Waals surface area contributed by atoms with Crippen molar-refractivity contribution in [3.05, 3.63) is 81.0 Å². The molecule has 7 heteroatoms. The standard InChI is InChI=1S/C21H18N2O5/c1-13-17(11-22)20(25)23(12-16-4-3-9-28-16)21(26)19(13)18(24)10-14-5-7-15(27-2)8-6-14/h3-9,26H,10,12H2,1-2H3. The minimum absolute atomic E-state index is 0.00220. The third-order valence-corrected chi connectivity index (χ3v) is 4.50. The summed E-state index contributed by atoms with van der Waals surface area (Å²) in [6, 6.07) is 12.1. The molecule has 0 amide bonds. The summed E-state index contributed by atoms with van der Waals surface area (Å²) in [7, 11) is 1.55. The highest BCUT2D eigenvalue weighted by atomic mass is 16.5. The molecule has 7 nitrogen and oxygen atoms in total. The van der Waals surface area contributed by atoms with Gasteiger partial charge in [-0.25, -0.2) is 0 Å². The number of hydrogen-bond acceptors (Lipinski definition) is 6. The van der Waals surface area contributed by atoms with E-state index in [1.54, 1.807) is 43.5 Å². The summed E-state index contributed by atoms with van der Waals surface area (Å²) in [6.07, 6.45) is 1.44. The molecule has 2 heterocycles. The van der Waals surface area contributed by atoms with Gasteiger partial charge < -0.3 is 14.3 Å². The van der Waals surface area contributed by atoms with Crippen LogP contribution in [0, 0.1) is 18.3 Å². The molecule has 0 spiro atoms. The quantitative estimate of drug-likeness (QED) is 0.661. The van der Waals surface area contributed by atoms with Crippen molar-refractivity contribution >= 4 is 5.78 Å². The fourth-order valence-electron chi connectivity index (χ4n) is 3.01. The predicted octanol–water partition coefficient (Wildman–Crippen LogP) is 2.81. The summed E-state index contributed by atoms with van der Waals surface area (Å²) in [4.78, 5) is 25.5. The smallest absolute Gasteiger partial charge is 0.271 e. The van der Waals surface area contributed by atoms with Crippen molar-refractivity contribution in [2.45, 2.75) is 19.9 Å². The molecule has 2 aromatic heterocycles. The molecule has 0 atom stereocenters. The Balaban J connectivity index is 2.04. The van der Waals surface area contributed by atoms with Crippen LogP contribution < -0.4 is 10.3 Å². The number of carbonyl (C=O) groups excluding carboxylic acids is 1. The summed E-state index contributed by atoms with van der Waals surface area (Å²) in [6.45, 7) is 1.40. The number of ether oxygens (including phenoxy) is 1. The second-order valence-corrected chi connectivity index (χ2v) is 6.23. The van der Waals surface area contributed by atoms with Gasteiger partial charge in [0, 0.05) is 6.42 Å². The van der Waals surface area contributed by atoms with Crippen LogP contribution in [-0.2, 0) is 13.0 Å². The van der Waals surface area contributed by atoms with Gasteiger partial charge >= 0.3 is 0 Å². The summed E-state index contributed by atoms with van der Waals surface area (Å²) < 4.78 is 11.3. The van der Waals surface area contributed by atoms with Gasteiger partial charge in [0.1, 0.15) is 23.1 Å². The van der Waals surface area contributed by atoms with E-state index in [-0.39, 0.29) is 29.7 Å². The third-order valence-electron chi connectivity index (χ3n) is 4.50. The van der Waals surface area contributed by atoms with Crippen LogP contribution in [0.4, 0.5) is 0 Å².